The van der Waals surface area contributed by atoms with E-state index < -0.39 is 0 Å². The highest BCUT2D eigenvalue weighted by Crippen LogP contribution is 2.25. The number of hydrogen-bond donors (Lipinski definition) is 0. The Morgan fingerprint density at radius 1 is 0.769 bits per heavy atom. The highest BCUT2D eigenvalue weighted by atomic mass is 32.2. The Kier molecular flexibility index (Phi) is 4.75. The van der Waals surface area contributed by atoms with Gasteiger partial charge in [-0.2, -0.15) is 0 Å². The predicted molar refractivity (Wildman–Crippen MR) is 106 cm³/mol. The quantitative estimate of drug-likeness (QED) is 0.277. The molecule has 0 fully saturated rings. The minimum absolute atomic E-state index is 0.0947. The number of hydrogen-bond acceptors (Lipinski definition) is 4. The van der Waals surface area contributed by atoms with Crippen LogP contribution in [-0.4, -0.2) is 21.5 Å². The van der Waals surface area contributed by atoms with Crippen molar-refractivity contribution in [1.29, 1.82) is 0 Å². The van der Waals surface area contributed by atoms with Crippen LogP contribution in [0.15, 0.2) is 90.2 Å². The summed E-state index contributed by atoms with van der Waals surface area (Å²) in [4.78, 5) is 21.1. The lowest BCUT2D eigenvalue weighted by atomic mass is 10.0. The minimum Gasteiger partial charge on any atom is -0.293 e. The van der Waals surface area contributed by atoms with Crippen molar-refractivity contribution in [3.05, 3.63) is 90.8 Å². The van der Waals surface area contributed by atoms with Crippen LogP contribution in [0.2, 0.25) is 0 Å². The lowest BCUT2D eigenvalue weighted by Crippen LogP contribution is -2.02. The topological polar surface area (TPSA) is 42.9 Å². The summed E-state index contributed by atoms with van der Waals surface area (Å²) < 4.78 is 0. The first-order valence-corrected chi connectivity index (χ1v) is 9.31. The van der Waals surface area contributed by atoms with Crippen LogP contribution in [0.1, 0.15) is 10.4 Å². The molecule has 0 saturated heterocycles. The number of benzene rings is 3. The van der Waals surface area contributed by atoms with Gasteiger partial charge in [-0.25, -0.2) is 9.97 Å². The molecule has 0 aliphatic rings. The highest BCUT2D eigenvalue weighted by Gasteiger charge is 2.10. The minimum atomic E-state index is 0.0947. The lowest BCUT2D eigenvalue weighted by molar-refractivity contribution is 0.102. The van der Waals surface area contributed by atoms with Gasteiger partial charge in [0.2, 0.25) is 0 Å². The number of para-hydroxylation sites is 1. The number of carbonyl (C=O) groups is 1. The van der Waals surface area contributed by atoms with Crippen molar-refractivity contribution in [3.63, 3.8) is 0 Å². The van der Waals surface area contributed by atoms with Crippen LogP contribution >= 0.6 is 11.8 Å². The Morgan fingerprint density at radius 2 is 1.46 bits per heavy atom. The molecule has 0 atom stereocenters. The fourth-order valence-corrected chi connectivity index (χ4v) is 3.68. The monoisotopic (exact) mass is 356 g/mol. The number of ketones is 1. The van der Waals surface area contributed by atoms with E-state index in [-0.39, 0.29) is 5.78 Å². The van der Waals surface area contributed by atoms with Crippen LogP contribution in [0.3, 0.4) is 0 Å². The van der Waals surface area contributed by atoms with E-state index in [1.165, 1.54) is 11.8 Å². The standard InChI is InChI=1S/C22H16N2OS/c25-21(14-26-22-19-8-4-5-9-20(19)23-15-24-22)18-12-10-17(11-13-18)16-6-2-1-3-7-16/h1-13,15H,14H2. The molecule has 126 valence electrons. The maximum atomic E-state index is 12.5. The molecule has 0 aliphatic heterocycles. The lowest BCUT2D eigenvalue weighted by Gasteiger charge is -2.06. The molecule has 0 bridgehead atoms. The van der Waals surface area contributed by atoms with Gasteiger partial charge in [-0.3, -0.25) is 4.79 Å². The second-order valence-electron chi connectivity index (χ2n) is 5.85. The third-order valence-corrected chi connectivity index (χ3v) is 5.17. The van der Waals surface area contributed by atoms with Crippen molar-refractivity contribution in [2.24, 2.45) is 0 Å². The third-order valence-electron chi connectivity index (χ3n) is 4.16. The summed E-state index contributed by atoms with van der Waals surface area (Å²) in [6, 6.07) is 25.8. The molecule has 4 rings (SSSR count). The zero-order valence-corrected chi connectivity index (χ0v) is 14.8. The molecule has 3 aromatic carbocycles. The Labute approximate surface area is 156 Å². The first-order chi connectivity index (χ1) is 12.8. The van der Waals surface area contributed by atoms with E-state index in [1.807, 2.05) is 66.7 Å². The number of rotatable bonds is 5. The number of Topliss-reactive ketones (excluding diaryl/α,β-unsaturated/α-hetero) is 1. The Balaban J connectivity index is 1.48. The van der Waals surface area contributed by atoms with E-state index in [4.69, 9.17) is 0 Å². The number of nitrogens with zero attached hydrogens (tertiary/aromatic N) is 2. The Hall–Kier alpha value is -2.98. The second-order valence-corrected chi connectivity index (χ2v) is 6.82. The number of carbonyl (C=O) groups excluding carboxylic acids is 1. The van der Waals surface area contributed by atoms with Crippen molar-refractivity contribution < 1.29 is 4.79 Å². The summed E-state index contributed by atoms with van der Waals surface area (Å²) in [5, 5.41) is 1.82. The maximum absolute atomic E-state index is 12.5. The molecular formula is C22H16N2OS. The first-order valence-electron chi connectivity index (χ1n) is 8.32. The van der Waals surface area contributed by atoms with Gasteiger partial charge in [0.1, 0.15) is 11.4 Å². The molecule has 3 nitrogen and oxygen atoms in total. The van der Waals surface area contributed by atoms with E-state index in [1.54, 1.807) is 6.33 Å². The second kappa shape index (κ2) is 7.50. The molecule has 0 unspecified atom stereocenters. The zero-order valence-electron chi connectivity index (χ0n) is 14.0. The van der Waals surface area contributed by atoms with Crippen molar-refractivity contribution in [3.8, 4) is 11.1 Å². The average molecular weight is 356 g/mol. The molecule has 0 saturated carbocycles. The summed E-state index contributed by atoms with van der Waals surface area (Å²) in [5.41, 5.74) is 3.87. The van der Waals surface area contributed by atoms with E-state index in [2.05, 4.69) is 22.1 Å². The molecule has 0 radical (unpaired) electrons. The summed E-state index contributed by atoms with van der Waals surface area (Å²) in [5.74, 6) is 0.448. The largest absolute Gasteiger partial charge is 0.293 e. The van der Waals surface area contributed by atoms with Gasteiger partial charge in [-0.1, -0.05) is 84.6 Å². The molecule has 4 aromatic rings. The fourth-order valence-electron chi connectivity index (χ4n) is 2.79. The molecule has 1 heterocycles. The fraction of sp³-hybridized carbons (Fsp3) is 0.0455. The maximum Gasteiger partial charge on any atom is 0.173 e. The van der Waals surface area contributed by atoms with Crippen molar-refractivity contribution in [1.82, 2.24) is 9.97 Å². The molecule has 0 amide bonds. The molecular weight excluding hydrogens is 340 g/mol. The van der Waals surface area contributed by atoms with Gasteiger partial charge in [0, 0.05) is 10.9 Å². The summed E-state index contributed by atoms with van der Waals surface area (Å²) >= 11 is 1.45. The van der Waals surface area contributed by atoms with Gasteiger partial charge in [0.05, 0.1) is 11.3 Å². The van der Waals surface area contributed by atoms with Gasteiger partial charge >= 0.3 is 0 Å². The number of thioether (sulfide) groups is 1. The summed E-state index contributed by atoms with van der Waals surface area (Å²) in [6.07, 6.45) is 1.55. The van der Waals surface area contributed by atoms with E-state index >= 15 is 0 Å². The molecule has 0 spiro atoms. The van der Waals surface area contributed by atoms with Crippen LogP contribution < -0.4 is 0 Å². The highest BCUT2D eigenvalue weighted by molar-refractivity contribution is 8.00. The van der Waals surface area contributed by atoms with Crippen LogP contribution in [0, 0.1) is 0 Å². The molecule has 26 heavy (non-hydrogen) atoms. The Morgan fingerprint density at radius 3 is 2.27 bits per heavy atom. The molecule has 1 aromatic heterocycles. The average Bonchev–Trinajstić information content (AvgIpc) is 2.73. The smallest absolute Gasteiger partial charge is 0.173 e. The van der Waals surface area contributed by atoms with Gasteiger partial charge in [0.15, 0.2) is 5.78 Å². The van der Waals surface area contributed by atoms with Gasteiger partial charge in [0.25, 0.3) is 0 Å². The van der Waals surface area contributed by atoms with Crippen LogP contribution in [0.5, 0.6) is 0 Å². The summed E-state index contributed by atoms with van der Waals surface area (Å²) in [6.45, 7) is 0. The Bertz CT molecular complexity index is 1040. The van der Waals surface area contributed by atoms with E-state index in [0.717, 1.165) is 32.6 Å². The van der Waals surface area contributed by atoms with Gasteiger partial charge < -0.3 is 0 Å². The SMILES string of the molecule is O=C(CSc1ncnc2ccccc12)c1ccc(-c2ccccc2)cc1. The zero-order chi connectivity index (χ0) is 17.8. The van der Waals surface area contributed by atoms with Crippen LogP contribution in [-0.2, 0) is 0 Å². The predicted octanol–water partition coefficient (Wildman–Crippen LogP) is 5.27. The third kappa shape index (κ3) is 3.51. The van der Waals surface area contributed by atoms with Gasteiger partial charge in [-0.05, 0) is 17.2 Å². The molecule has 0 N–H and O–H groups in total. The van der Waals surface area contributed by atoms with E-state index in [9.17, 15) is 4.79 Å². The van der Waals surface area contributed by atoms with Crippen molar-refractivity contribution >= 4 is 28.4 Å². The van der Waals surface area contributed by atoms with Gasteiger partial charge in [-0.15, -0.1) is 0 Å². The van der Waals surface area contributed by atoms with Crippen molar-refractivity contribution in [2.75, 3.05) is 5.75 Å². The van der Waals surface area contributed by atoms with Crippen LogP contribution in [0.4, 0.5) is 0 Å². The first kappa shape index (κ1) is 16.5. The van der Waals surface area contributed by atoms with E-state index in [0.29, 0.717) is 5.75 Å². The van der Waals surface area contributed by atoms with Crippen LogP contribution in [0.25, 0.3) is 22.0 Å². The normalized spacial score (nSPS) is 10.8. The number of aromatic nitrogens is 2. The molecule has 4 heteroatoms. The summed E-state index contributed by atoms with van der Waals surface area (Å²) in [7, 11) is 0. The molecule has 0 aliphatic carbocycles. The van der Waals surface area contributed by atoms with Crippen molar-refractivity contribution in [2.45, 2.75) is 5.03 Å². The number of fused-ring (bicyclic) bond motifs is 1.